The van der Waals surface area contributed by atoms with Crippen LogP contribution in [0.3, 0.4) is 0 Å². The van der Waals surface area contributed by atoms with Crippen molar-refractivity contribution < 1.29 is 23.8 Å². The van der Waals surface area contributed by atoms with Crippen molar-refractivity contribution in [2.45, 2.75) is 0 Å². The Morgan fingerprint density at radius 1 is 1.14 bits per heavy atom. The van der Waals surface area contributed by atoms with Gasteiger partial charge < -0.3 is 19.2 Å². The van der Waals surface area contributed by atoms with Crippen LogP contribution in [0.25, 0.3) is 0 Å². The SMILES string of the molecule is COC(=O)c1cc(OCOC(=O)c2cc(=O)[nH]cn2)ncn1. The lowest BCUT2D eigenvalue weighted by atomic mass is 10.4. The molecule has 10 heteroatoms. The molecule has 0 aliphatic heterocycles. The fourth-order valence-corrected chi connectivity index (χ4v) is 1.33. The van der Waals surface area contributed by atoms with Crippen molar-refractivity contribution in [3.63, 3.8) is 0 Å². The Hall–Kier alpha value is -3.30. The van der Waals surface area contributed by atoms with Crippen LogP contribution in [0.2, 0.25) is 0 Å². The van der Waals surface area contributed by atoms with Crippen molar-refractivity contribution in [2.24, 2.45) is 0 Å². The molecule has 114 valence electrons. The summed E-state index contributed by atoms with van der Waals surface area (Å²) in [7, 11) is 1.21. The Kier molecular flexibility index (Phi) is 4.75. The lowest BCUT2D eigenvalue weighted by Gasteiger charge is -2.06. The molecule has 0 fully saturated rings. The van der Waals surface area contributed by atoms with Crippen molar-refractivity contribution in [3.05, 3.63) is 46.5 Å². The number of carbonyl (C=O) groups is 2. The average Bonchev–Trinajstić information content (AvgIpc) is 2.54. The van der Waals surface area contributed by atoms with Crippen LogP contribution in [0.15, 0.2) is 29.6 Å². The number of nitrogens with one attached hydrogen (secondary N) is 1. The van der Waals surface area contributed by atoms with E-state index in [2.05, 4.69) is 24.7 Å². The van der Waals surface area contributed by atoms with E-state index in [1.165, 1.54) is 13.2 Å². The molecular formula is C12H10N4O6. The maximum Gasteiger partial charge on any atom is 0.360 e. The van der Waals surface area contributed by atoms with Gasteiger partial charge in [-0.15, -0.1) is 0 Å². The first kappa shape index (κ1) is 15.1. The maximum absolute atomic E-state index is 11.6. The van der Waals surface area contributed by atoms with E-state index in [1.54, 1.807) is 0 Å². The fourth-order valence-electron chi connectivity index (χ4n) is 1.33. The minimum atomic E-state index is -0.839. The second-order valence-corrected chi connectivity index (χ2v) is 3.72. The van der Waals surface area contributed by atoms with Crippen LogP contribution in [0.5, 0.6) is 5.88 Å². The number of rotatable bonds is 5. The van der Waals surface area contributed by atoms with Gasteiger partial charge in [0.1, 0.15) is 6.33 Å². The van der Waals surface area contributed by atoms with Crippen LogP contribution < -0.4 is 10.3 Å². The molecule has 0 bridgehead atoms. The van der Waals surface area contributed by atoms with Crippen LogP contribution in [0, 0.1) is 0 Å². The molecule has 2 aromatic heterocycles. The average molecular weight is 306 g/mol. The van der Waals surface area contributed by atoms with Crippen molar-refractivity contribution >= 4 is 11.9 Å². The van der Waals surface area contributed by atoms with Crippen molar-refractivity contribution in [2.75, 3.05) is 13.9 Å². The van der Waals surface area contributed by atoms with E-state index in [0.717, 1.165) is 18.7 Å². The third kappa shape index (κ3) is 3.85. The largest absolute Gasteiger partial charge is 0.464 e. The molecule has 0 spiro atoms. The van der Waals surface area contributed by atoms with Gasteiger partial charge in [0, 0.05) is 12.1 Å². The predicted molar refractivity (Wildman–Crippen MR) is 69.1 cm³/mol. The molecule has 0 aromatic carbocycles. The molecule has 0 saturated heterocycles. The number of hydrogen-bond acceptors (Lipinski definition) is 9. The first-order valence-corrected chi connectivity index (χ1v) is 5.85. The Bertz CT molecular complexity index is 744. The minimum absolute atomic E-state index is 0.00455. The van der Waals surface area contributed by atoms with E-state index in [9.17, 15) is 14.4 Å². The summed E-state index contributed by atoms with van der Waals surface area (Å²) in [4.78, 5) is 47.2. The maximum atomic E-state index is 11.6. The van der Waals surface area contributed by atoms with Crippen LogP contribution in [-0.2, 0) is 9.47 Å². The highest BCUT2D eigenvalue weighted by atomic mass is 16.7. The Morgan fingerprint density at radius 3 is 2.64 bits per heavy atom. The van der Waals surface area contributed by atoms with E-state index in [0.29, 0.717) is 0 Å². The molecule has 0 radical (unpaired) electrons. The van der Waals surface area contributed by atoms with E-state index in [1.807, 2.05) is 0 Å². The van der Waals surface area contributed by atoms with Gasteiger partial charge in [-0.3, -0.25) is 4.79 Å². The number of methoxy groups -OCH3 is 1. The summed E-state index contributed by atoms with van der Waals surface area (Å²) < 4.78 is 14.3. The molecule has 0 unspecified atom stereocenters. The molecule has 0 aliphatic carbocycles. The predicted octanol–water partition coefficient (Wildman–Crippen LogP) is -0.460. The summed E-state index contributed by atoms with van der Waals surface area (Å²) in [5.41, 5.74) is -0.651. The van der Waals surface area contributed by atoms with Gasteiger partial charge in [0.25, 0.3) is 5.56 Å². The number of nitrogens with zero attached hydrogens (tertiary/aromatic N) is 3. The highest BCUT2D eigenvalue weighted by Crippen LogP contribution is 2.08. The van der Waals surface area contributed by atoms with Gasteiger partial charge in [0.2, 0.25) is 12.7 Å². The van der Waals surface area contributed by atoms with E-state index >= 15 is 0 Å². The number of carbonyl (C=O) groups excluding carboxylic acids is 2. The highest BCUT2D eigenvalue weighted by molar-refractivity contribution is 5.87. The molecule has 1 N–H and O–H groups in total. The molecule has 0 atom stereocenters. The molecular weight excluding hydrogens is 296 g/mol. The van der Waals surface area contributed by atoms with Gasteiger partial charge >= 0.3 is 11.9 Å². The number of hydrogen-bond donors (Lipinski definition) is 1. The van der Waals surface area contributed by atoms with Gasteiger partial charge in [-0.25, -0.2) is 24.5 Å². The third-order valence-corrected chi connectivity index (χ3v) is 2.32. The number of esters is 2. The second kappa shape index (κ2) is 6.92. The number of H-pyrrole nitrogens is 1. The van der Waals surface area contributed by atoms with Crippen LogP contribution in [0.1, 0.15) is 21.0 Å². The first-order chi connectivity index (χ1) is 10.6. The van der Waals surface area contributed by atoms with E-state index in [4.69, 9.17) is 9.47 Å². The molecule has 0 aliphatic rings. The summed E-state index contributed by atoms with van der Waals surface area (Å²) in [5, 5.41) is 0. The molecule has 22 heavy (non-hydrogen) atoms. The van der Waals surface area contributed by atoms with E-state index < -0.39 is 24.3 Å². The Morgan fingerprint density at radius 2 is 1.91 bits per heavy atom. The molecule has 10 nitrogen and oxygen atoms in total. The summed E-state index contributed by atoms with van der Waals surface area (Å²) in [6.45, 7) is -0.481. The zero-order chi connectivity index (χ0) is 15.9. The molecule has 2 rings (SSSR count). The van der Waals surface area contributed by atoms with Gasteiger partial charge in [-0.1, -0.05) is 0 Å². The zero-order valence-corrected chi connectivity index (χ0v) is 11.3. The first-order valence-electron chi connectivity index (χ1n) is 5.85. The summed E-state index contributed by atoms with van der Waals surface area (Å²) in [6.07, 6.45) is 2.18. The standard InChI is InChI=1S/C12H10N4O6/c1-20-11(18)8-3-10(16-5-14-8)21-6-22-12(19)7-2-9(17)15-4-13-7/h2-5H,6H2,1H3,(H,13,15,17). The zero-order valence-electron chi connectivity index (χ0n) is 11.3. The van der Waals surface area contributed by atoms with Gasteiger partial charge in [0.15, 0.2) is 11.4 Å². The van der Waals surface area contributed by atoms with Crippen LogP contribution in [0.4, 0.5) is 0 Å². The number of aromatic nitrogens is 4. The number of aromatic amines is 1. The fraction of sp³-hybridized carbons (Fsp3) is 0.167. The minimum Gasteiger partial charge on any atom is -0.464 e. The summed E-state index contributed by atoms with van der Waals surface area (Å²) in [6, 6.07) is 2.22. The summed E-state index contributed by atoms with van der Waals surface area (Å²) in [5.74, 6) is -1.48. The van der Waals surface area contributed by atoms with Crippen LogP contribution in [-0.4, -0.2) is 45.8 Å². The van der Waals surface area contributed by atoms with E-state index in [-0.39, 0.29) is 17.3 Å². The smallest absolute Gasteiger partial charge is 0.360 e. The lowest BCUT2D eigenvalue weighted by molar-refractivity contribution is 0.0133. The lowest BCUT2D eigenvalue weighted by Crippen LogP contribution is -2.16. The molecule has 0 amide bonds. The van der Waals surface area contributed by atoms with Gasteiger partial charge in [-0.2, -0.15) is 0 Å². The topological polar surface area (TPSA) is 133 Å². The molecule has 2 aromatic rings. The second-order valence-electron chi connectivity index (χ2n) is 3.72. The Balaban J connectivity index is 1.92. The highest BCUT2D eigenvalue weighted by Gasteiger charge is 2.11. The van der Waals surface area contributed by atoms with Crippen LogP contribution >= 0.6 is 0 Å². The van der Waals surface area contributed by atoms with Crippen molar-refractivity contribution in [1.29, 1.82) is 0 Å². The van der Waals surface area contributed by atoms with Crippen molar-refractivity contribution in [3.8, 4) is 5.88 Å². The monoisotopic (exact) mass is 306 g/mol. The number of ether oxygens (including phenoxy) is 3. The van der Waals surface area contributed by atoms with Crippen molar-refractivity contribution in [1.82, 2.24) is 19.9 Å². The Labute approximate surface area is 123 Å². The molecule has 2 heterocycles. The summed E-state index contributed by atoms with van der Waals surface area (Å²) >= 11 is 0. The third-order valence-electron chi connectivity index (χ3n) is 2.32. The normalized spacial score (nSPS) is 9.86. The molecule has 0 saturated carbocycles. The van der Waals surface area contributed by atoms with Gasteiger partial charge in [-0.05, 0) is 0 Å². The quantitative estimate of drug-likeness (QED) is 0.575. The van der Waals surface area contributed by atoms with Gasteiger partial charge in [0.05, 0.1) is 13.4 Å².